The fourth-order valence-corrected chi connectivity index (χ4v) is 3.43. The molecule has 5 nitrogen and oxygen atoms in total. The molecule has 0 aliphatic heterocycles. The number of nitrogens with zero attached hydrogens (tertiary/aromatic N) is 3. The van der Waals surface area contributed by atoms with Gasteiger partial charge in [0.1, 0.15) is 6.54 Å². The molecule has 0 aliphatic carbocycles. The number of para-hydroxylation sites is 1. The summed E-state index contributed by atoms with van der Waals surface area (Å²) < 4.78 is 27.7. The third-order valence-electron chi connectivity index (χ3n) is 3.33. The molecule has 0 spiro atoms. The molecule has 120 valence electrons. The number of anilines is 1. The summed E-state index contributed by atoms with van der Waals surface area (Å²) in [5, 5.41) is 10.1. The monoisotopic (exact) mass is 400 g/mol. The molecule has 1 aromatic carbocycles. The van der Waals surface area contributed by atoms with Crippen LogP contribution < -0.4 is 5.32 Å². The normalized spacial score (nSPS) is 11.3. The topological polar surface area (TPSA) is 59.8 Å². The SMILES string of the molecule is Cc1c(Br)c2ccccc2n1CC(=O)Nc1nnc(C(F)F)s1. The zero-order valence-corrected chi connectivity index (χ0v) is 14.3. The molecular weight excluding hydrogens is 390 g/mol. The second kappa shape index (κ2) is 6.32. The maximum Gasteiger partial charge on any atom is 0.291 e. The van der Waals surface area contributed by atoms with Gasteiger partial charge in [-0.3, -0.25) is 10.1 Å². The summed E-state index contributed by atoms with van der Waals surface area (Å²) in [7, 11) is 0. The van der Waals surface area contributed by atoms with Crippen LogP contribution in [-0.4, -0.2) is 20.7 Å². The molecule has 3 rings (SSSR count). The number of aromatic nitrogens is 3. The van der Waals surface area contributed by atoms with Crippen molar-refractivity contribution in [2.75, 3.05) is 5.32 Å². The number of benzene rings is 1. The van der Waals surface area contributed by atoms with Crippen LogP contribution in [0.2, 0.25) is 0 Å². The molecule has 2 aromatic heterocycles. The van der Waals surface area contributed by atoms with Crippen LogP contribution in [0.3, 0.4) is 0 Å². The largest absolute Gasteiger partial charge is 0.334 e. The van der Waals surface area contributed by atoms with E-state index in [1.807, 2.05) is 35.8 Å². The van der Waals surface area contributed by atoms with E-state index in [1.54, 1.807) is 0 Å². The zero-order valence-electron chi connectivity index (χ0n) is 11.9. The van der Waals surface area contributed by atoms with E-state index in [9.17, 15) is 13.6 Å². The Morgan fingerprint density at radius 3 is 2.83 bits per heavy atom. The van der Waals surface area contributed by atoms with E-state index >= 15 is 0 Å². The first-order valence-electron chi connectivity index (χ1n) is 6.62. The lowest BCUT2D eigenvalue weighted by Crippen LogP contribution is -2.19. The fourth-order valence-electron chi connectivity index (χ4n) is 2.27. The maximum atomic E-state index is 12.5. The van der Waals surface area contributed by atoms with Gasteiger partial charge in [-0.15, -0.1) is 10.2 Å². The first-order chi connectivity index (χ1) is 11.0. The number of carbonyl (C=O) groups excluding carboxylic acids is 1. The van der Waals surface area contributed by atoms with Gasteiger partial charge in [-0.1, -0.05) is 29.5 Å². The molecule has 9 heteroatoms. The Hall–Kier alpha value is -1.87. The standard InChI is InChI=1S/C14H11BrF2N4OS/c1-7-11(15)8-4-2-3-5-9(8)21(7)6-10(22)18-14-20-19-13(23-14)12(16)17/h2-5,12H,6H2,1H3,(H,18,20,22). The van der Waals surface area contributed by atoms with Crippen LogP contribution >= 0.6 is 27.3 Å². The van der Waals surface area contributed by atoms with Gasteiger partial charge < -0.3 is 4.57 Å². The molecule has 3 aromatic rings. The van der Waals surface area contributed by atoms with Gasteiger partial charge >= 0.3 is 0 Å². The van der Waals surface area contributed by atoms with Crippen LogP contribution in [0.15, 0.2) is 28.7 Å². The number of nitrogens with one attached hydrogen (secondary N) is 1. The van der Waals surface area contributed by atoms with E-state index in [2.05, 4.69) is 31.4 Å². The quantitative estimate of drug-likeness (QED) is 0.715. The van der Waals surface area contributed by atoms with Gasteiger partial charge in [-0.25, -0.2) is 8.78 Å². The second-order valence-corrected chi connectivity index (χ2v) is 6.60. The van der Waals surface area contributed by atoms with Crippen molar-refractivity contribution in [3.63, 3.8) is 0 Å². The lowest BCUT2D eigenvalue weighted by atomic mass is 10.2. The average Bonchev–Trinajstić information content (AvgIpc) is 3.07. The highest BCUT2D eigenvalue weighted by Crippen LogP contribution is 2.30. The van der Waals surface area contributed by atoms with E-state index in [4.69, 9.17) is 0 Å². The lowest BCUT2D eigenvalue weighted by Gasteiger charge is -2.07. The van der Waals surface area contributed by atoms with Crippen molar-refractivity contribution in [3.05, 3.63) is 39.4 Å². The molecule has 0 saturated carbocycles. The van der Waals surface area contributed by atoms with E-state index in [1.165, 1.54) is 0 Å². The van der Waals surface area contributed by atoms with Gasteiger partial charge in [-0.05, 0) is 28.9 Å². The van der Waals surface area contributed by atoms with E-state index < -0.39 is 11.4 Å². The molecule has 1 N–H and O–H groups in total. The van der Waals surface area contributed by atoms with Crippen LogP contribution in [0.1, 0.15) is 17.1 Å². The van der Waals surface area contributed by atoms with Gasteiger partial charge in [0.15, 0.2) is 5.01 Å². The van der Waals surface area contributed by atoms with Crippen molar-refractivity contribution in [2.45, 2.75) is 19.9 Å². The highest BCUT2D eigenvalue weighted by molar-refractivity contribution is 9.10. The number of amides is 1. The highest BCUT2D eigenvalue weighted by Gasteiger charge is 2.17. The predicted molar refractivity (Wildman–Crippen MR) is 87.9 cm³/mol. The van der Waals surface area contributed by atoms with Crippen LogP contribution in [-0.2, 0) is 11.3 Å². The van der Waals surface area contributed by atoms with E-state index in [-0.39, 0.29) is 17.6 Å². The number of rotatable bonds is 4. The molecule has 0 aliphatic rings. The van der Waals surface area contributed by atoms with E-state index in [0.29, 0.717) is 11.3 Å². The second-order valence-electron chi connectivity index (χ2n) is 4.80. The van der Waals surface area contributed by atoms with Crippen molar-refractivity contribution in [1.29, 1.82) is 0 Å². The van der Waals surface area contributed by atoms with Crippen molar-refractivity contribution in [2.24, 2.45) is 0 Å². The summed E-state index contributed by atoms with van der Waals surface area (Å²) in [6, 6.07) is 7.69. The summed E-state index contributed by atoms with van der Waals surface area (Å²) in [4.78, 5) is 12.2. The number of halogens is 3. The predicted octanol–water partition coefficient (Wildman–Crippen LogP) is 4.14. The van der Waals surface area contributed by atoms with Gasteiger partial charge in [0.05, 0.1) is 0 Å². The highest BCUT2D eigenvalue weighted by atomic mass is 79.9. The summed E-state index contributed by atoms with van der Waals surface area (Å²) in [6.07, 6.45) is -2.69. The Labute approximate surface area is 142 Å². The summed E-state index contributed by atoms with van der Waals surface area (Å²) in [6.45, 7) is 1.96. The molecule has 23 heavy (non-hydrogen) atoms. The first kappa shape index (κ1) is 16.0. The molecule has 0 radical (unpaired) electrons. The van der Waals surface area contributed by atoms with Gasteiger partial charge in [0.25, 0.3) is 6.43 Å². The molecule has 0 fully saturated rings. The minimum atomic E-state index is -2.69. The maximum absolute atomic E-state index is 12.5. The lowest BCUT2D eigenvalue weighted by molar-refractivity contribution is -0.116. The minimum Gasteiger partial charge on any atom is -0.334 e. The van der Waals surface area contributed by atoms with Crippen LogP contribution in [0, 0.1) is 6.92 Å². The minimum absolute atomic E-state index is 0.0571. The van der Waals surface area contributed by atoms with Crippen molar-refractivity contribution in [1.82, 2.24) is 14.8 Å². The number of fused-ring (bicyclic) bond motifs is 1. The van der Waals surface area contributed by atoms with Crippen molar-refractivity contribution < 1.29 is 13.6 Å². The molecule has 0 bridgehead atoms. The smallest absolute Gasteiger partial charge is 0.291 e. The molecular formula is C14H11BrF2N4OS. The summed E-state index contributed by atoms with van der Waals surface area (Å²) in [5.41, 5.74) is 1.82. The van der Waals surface area contributed by atoms with Gasteiger partial charge in [-0.2, -0.15) is 0 Å². The Morgan fingerprint density at radius 2 is 2.13 bits per heavy atom. The van der Waals surface area contributed by atoms with Gasteiger partial charge in [0, 0.05) is 21.1 Å². The Bertz CT molecular complexity index is 877. The number of hydrogen-bond donors (Lipinski definition) is 1. The Kier molecular flexibility index (Phi) is 4.40. The van der Waals surface area contributed by atoms with Crippen LogP contribution in [0.4, 0.5) is 13.9 Å². The zero-order chi connectivity index (χ0) is 16.6. The van der Waals surface area contributed by atoms with Gasteiger partial charge in [0.2, 0.25) is 11.0 Å². The first-order valence-corrected chi connectivity index (χ1v) is 8.23. The molecule has 0 atom stereocenters. The molecule has 1 amide bonds. The van der Waals surface area contributed by atoms with Crippen molar-refractivity contribution in [3.8, 4) is 0 Å². The number of hydrogen-bond acceptors (Lipinski definition) is 4. The molecule has 0 unspecified atom stereocenters. The molecule has 2 heterocycles. The fraction of sp³-hybridized carbons (Fsp3) is 0.214. The van der Waals surface area contributed by atoms with E-state index in [0.717, 1.165) is 21.1 Å². The Balaban J connectivity index is 1.81. The van der Waals surface area contributed by atoms with Crippen LogP contribution in [0.25, 0.3) is 10.9 Å². The number of carbonyl (C=O) groups is 1. The summed E-state index contributed by atoms with van der Waals surface area (Å²) in [5.74, 6) is -0.349. The van der Waals surface area contributed by atoms with Crippen molar-refractivity contribution >= 4 is 49.2 Å². The Morgan fingerprint density at radius 1 is 1.39 bits per heavy atom. The third-order valence-corrected chi connectivity index (χ3v) is 5.18. The average molecular weight is 401 g/mol. The molecule has 0 saturated heterocycles. The van der Waals surface area contributed by atoms with Crippen LogP contribution in [0.5, 0.6) is 0 Å². The number of alkyl halides is 2. The summed E-state index contributed by atoms with van der Waals surface area (Å²) >= 11 is 4.19. The third kappa shape index (κ3) is 3.11.